The minimum Gasteiger partial charge on any atom is -0.497 e. The topological polar surface area (TPSA) is 65.1 Å². The van der Waals surface area contributed by atoms with E-state index < -0.39 is 5.97 Å². The molecule has 1 aliphatic heterocycles. The smallest absolute Gasteiger partial charge is 0.331 e. The first-order valence-corrected chi connectivity index (χ1v) is 9.38. The van der Waals surface area contributed by atoms with Crippen LogP contribution in [0.4, 0.5) is 0 Å². The summed E-state index contributed by atoms with van der Waals surface area (Å²) in [6.45, 7) is 0.963. The number of fused-ring (bicyclic) bond motifs is 1. The highest BCUT2D eigenvalue weighted by Gasteiger charge is 2.22. The molecule has 1 aromatic heterocycles. The van der Waals surface area contributed by atoms with Crippen molar-refractivity contribution in [3.8, 4) is 11.5 Å². The Bertz CT molecular complexity index is 858. The first kappa shape index (κ1) is 19.0. The molecule has 0 bridgehead atoms. The van der Waals surface area contributed by atoms with Gasteiger partial charge in [-0.2, -0.15) is 0 Å². The molecular weight excluding hydrogens is 366 g/mol. The summed E-state index contributed by atoms with van der Waals surface area (Å²) in [7, 11) is 3.11. The molecule has 2 heterocycles. The third kappa shape index (κ3) is 4.68. The van der Waals surface area contributed by atoms with Crippen LogP contribution in [0.2, 0.25) is 0 Å². The van der Waals surface area contributed by atoms with Crippen LogP contribution in [-0.4, -0.2) is 44.1 Å². The molecule has 1 aromatic carbocycles. The van der Waals surface area contributed by atoms with E-state index in [9.17, 15) is 9.59 Å². The number of carbonyl (C=O) groups is 2. The SMILES string of the molecule is COc1ccc(OC)c(/C=C/C(=O)OCC(=O)N2CCc3sccc3C2)c1. The van der Waals surface area contributed by atoms with Gasteiger partial charge < -0.3 is 19.1 Å². The highest BCUT2D eigenvalue weighted by Crippen LogP contribution is 2.25. The Morgan fingerprint density at radius 2 is 2.07 bits per heavy atom. The molecule has 0 fully saturated rings. The summed E-state index contributed by atoms with van der Waals surface area (Å²) in [5, 5.41) is 2.04. The standard InChI is InChI=1S/C20H21NO5S/c1-24-16-4-5-17(25-2)14(11-16)3-6-20(23)26-13-19(22)21-9-7-18-15(12-21)8-10-27-18/h3-6,8,10-11H,7,9,12-13H2,1-2H3/b6-3+. The first-order chi connectivity index (χ1) is 13.1. The van der Waals surface area contributed by atoms with Gasteiger partial charge in [-0.15, -0.1) is 11.3 Å². The lowest BCUT2D eigenvalue weighted by Crippen LogP contribution is -2.38. The molecule has 0 saturated heterocycles. The van der Waals surface area contributed by atoms with Crippen LogP contribution in [0.3, 0.4) is 0 Å². The summed E-state index contributed by atoms with van der Waals surface area (Å²) in [6.07, 6.45) is 3.70. The van der Waals surface area contributed by atoms with E-state index in [1.54, 1.807) is 54.7 Å². The molecule has 0 N–H and O–H groups in total. The Morgan fingerprint density at radius 1 is 1.22 bits per heavy atom. The molecule has 0 unspecified atom stereocenters. The maximum Gasteiger partial charge on any atom is 0.331 e. The average molecular weight is 387 g/mol. The minimum atomic E-state index is -0.582. The molecule has 0 aliphatic carbocycles. The van der Waals surface area contributed by atoms with E-state index in [4.69, 9.17) is 14.2 Å². The molecule has 0 saturated carbocycles. The second-order valence-electron chi connectivity index (χ2n) is 5.98. The Labute approximate surface area is 162 Å². The van der Waals surface area contributed by atoms with Crippen LogP contribution in [0.15, 0.2) is 35.7 Å². The number of esters is 1. The van der Waals surface area contributed by atoms with Gasteiger partial charge in [-0.25, -0.2) is 4.79 Å². The van der Waals surface area contributed by atoms with Crippen molar-refractivity contribution in [1.29, 1.82) is 0 Å². The molecule has 142 valence electrons. The van der Waals surface area contributed by atoms with E-state index in [1.807, 2.05) is 11.4 Å². The Kier molecular flexibility index (Phi) is 6.13. The molecule has 7 heteroatoms. The summed E-state index contributed by atoms with van der Waals surface area (Å²) in [6, 6.07) is 7.31. The van der Waals surface area contributed by atoms with Crippen molar-refractivity contribution in [2.45, 2.75) is 13.0 Å². The van der Waals surface area contributed by atoms with E-state index in [1.165, 1.54) is 16.5 Å². The van der Waals surface area contributed by atoms with Crippen LogP contribution >= 0.6 is 11.3 Å². The third-order valence-electron chi connectivity index (χ3n) is 4.33. The highest BCUT2D eigenvalue weighted by atomic mass is 32.1. The number of carbonyl (C=O) groups excluding carboxylic acids is 2. The number of methoxy groups -OCH3 is 2. The Balaban J connectivity index is 1.54. The van der Waals surface area contributed by atoms with Crippen molar-refractivity contribution >= 4 is 29.3 Å². The molecule has 1 amide bonds. The number of thiophene rings is 1. The largest absolute Gasteiger partial charge is 0.497 e. The summed E-state index contributed by atoms with van der Waals surface area (Å²) in [5.41, 5.74) is 1.86. The van der Waals surface area contributed by atoms with Crippen LogP contribution in [0, 0.1) is 0 Å². The fraction of sp³-hybridized carbons (Fsp3) is 0.300. The maximum atomic E-state index is 12.3. The molecule has 2 aromatic rings. The van der Waals surface area contributed by atoms with Gasteiger partial charge in [-0.05, 0) is 47.7 Å². The normalized spacial score (nSPS) is 13.3. The predicted molar refractivity (Wildman–Crippen MR) is 103 cm³/mol. The highest BCUT2D eigenvalue weighted by molar-refractivity contribution is 7.10. The van der Waals surface area contributed by atoms with E-state index in [2.05, 4.69) is 0 Å². The Hall–Kier alpha value is -2.80. The van der Waals surface area contributed by atoms with Gasteiger partial charge >= 0.3 is 5.97 Å². The molecular formula is C20H21NO5S. The number of hydrogen-bond acceptors (Lipinski definition) is 6. The lowest BCUT2D eigenvalue weighted by molar-refractivity contribution is -0.148. The van der Waals surface area contributed by atoms with Crippen molar-refractivity contribution in [3.05, 3.63) is 51.7 Å². The number of hydrogen-bond donors (Lipinski definition) is 0. The Morgan fingerprint density at radius 3 is 2.85 bits per heavy atom. The van der Waals surface area contributed by atoms with E-state index >= 15 is 0 Å². The molecule has 1 aliphatic rings. The van der Waals surface area contributed by atoms with Gasteiger partial charge in [0.1, 0.15) is 11.5 Å². The number of rotatable bonds is 6. The van der Waals surface area contributed by atoms with Crippen molar-refractivity contribution in [2.24, 2.45) is 0 Å². The van der Waals surface area contributed by atoms with Crippen LogP contribution < -0.4 is 9.47 Å². The van der Waals surface area contributed by atoms with Crippen molar-refractivity contribution in [3.63, 3.8) is 0 Å². The fourth-order valence-electron chi connectivity index (χ4n) is 2.86. The predicted octanol–water partition coefficient (Wildman–Crippen LogP) is 2.91. The van der Waals surface area contributed by atoms with Crippen LogP contribution in [-0.2, 0) is 27.3 Å². The quantitative estimate of drug-likeness (QED) is 0.563. The van der Waals surface area contributed by atoms with Gasteiger partial charge in [-0.1, -0.05) is 0 Å². The fourth-order valence-corrected chi connectivity index (χ4v) is 3.75. The molecule has 27 heavy (non-hydrogen) atoms. The molecule has 6 nitrogen and oxygen atoms in total. The van der Waals surface area contributed by atoms with Gasteiger partial charge in [0.2, 0.25) is 0 Å². The van der Waals surface area contributed by atoms with Crippen molar-refractivity contribution < 1.29 is 23.8 Å². The maximum absolute atomic E-state index is 12.3. The van der Waals surface area contributed by atoms with Crippen molar-refractivity contribution in [2.75, 3.05) is 27.4 Å². The first-order valence-electron chi connectivity index (χ1n) is 8.50. The average Bonchev–Trinajstić information content (AvgIpc) is 3.17. The molecule has 0 spiro atoms. The molecule has 0 atom stereocenters. The molecule has 0 radical (unpaired) electrons. The van der Waals surface area contributed by atoms with E-state index in [-0.39, 0.29) is 12.5 Å². The monoisotopic (exact) mass is 387 g/mol. The van der Waals surface area contributed by atoms with Gasteiger partial charge in [0.15, 0.2) is 6.61 Å². The lowest BCUT2D eigenvalue weighted by Gasteiger charge is -2.26. The second kappa shape index (κ2) is 8.73. The van der Waals surface area contributed by atoms with Gasteiger partial charge in [-0.3, -0.25) is 4.79 Å². The summed E-state index contributed by atoms with van der Waals surface area (Å²) < 4.78 is 15.5. The van der Waals surface area contributed by atoms with Gasteiger partial charge in [0.25, 0.3) is 5.91 Å². The summed E-state index contributed by atoms with van der Waals surface area (Å²) in [4.78, 5) is 27.3. The van der Waals surface area contributed by atoms with Crippen LogP contribution in [0.5, 0.6) is 11.5 Å². The number of nitrogens with zero attached hydrogens (tertiary/aromatic N) is 1. The third-order valence-corrected chi connectivity index (χ3v) is 5.36. The van der Waals surface area contributed by atoms with Gasteiger partial charge in [0.05, 0.1) is 14.2 Å². The second-order valence-corrected chi connectivity index (χ2v) is 6.98. The van der Waals surface area contributed by atoms with Gasteiger partial charge in [0, 0.05) is 29.6 Å². The summed E-state index contributed by atoms with van der Waals surface area (Å²) in [5.74, 6) is 0.488. The zero-order valence-corrected chi connectivity index (χ0v) is 16.1. The van der Waals surface area contributed by atoms with Crippen LogP contribution in [0.1, 0.15) is 16.0 Å². The number of amides is 1. The van der Waals surface area contributed by atoms with E-state index in [0.29, 0.717) is 30.2 Å². The van der Waals surface area contributed by atoms with Crippen molar-refractivity contribution in [1.82, 2.24) is 4.90 Å². The minimum absolute atomic E-state index is 0.187. The van der Waals surface area contributed by atoms with Crippen LogP contribution in [0.25, 0.3) is 6.08 Å². The zero-order valence-electron chi connectivity index (χ0n) is 15.3. The lowest BCUT2D eigenvalue weighted by atomic mass is 10.1. The molecule has 3 rings (SSSR count). The zero-order chi connectivity index (χ0) is 19.2. The number of ether oxygens (including phenoxy) is 3. The number of benzene rings is 1. The summed E-state index contributed by atoms with van der Waals surface area (Å²) >= 11 is 1.72. The van der Waals surface area contributed by atoms with E-state index in [0.717, 1.165) is 6.42 Å².